The van der Waals surface area contributed by atoms with E-state index in [0.29, 0.717) is 12.1 Å². The normalized spacial score (nSPS) is 24.6. The van der Waals surface area contributed by atoms with Crippen molar-refractivity contribution in [1.29, 1.82) is 0 Å². The van der Waals surface area contributed by atoms with Gasteiger partial charge < -0.3 is 10.1 Å². The van der Waals surface area contributed by atoms with Crippen LogP contribution < -0.4 is 5.32 Å². The Hall–Kier alpha value is -0.0800. The molecule has 0 aromatic heterocycles. The minimum atomic E-state index is 0.553. The van der Waals surface area contributed by atoms with E-state index in [2.05, 4.69) is 26.1 Å². The van der Waals surface area contributed by atoms with Crippen LogP contribution in [-0.2, 0) is 4.74 Å². The topological polar surface area (TPSA) is 21.3 Å². The zero-order chi connectivity index (χ0) is 11.8. The van der Waals surface area contributed by atoms with Gasteiger partial charge in [-0.1, -0.05) is 20.3 Å². The van der Waals surface area contributed by atoms with Crippen molar-refractivity contribution in [1.82, 2.24) is 5.32 Å². The highest BCUT2D eigenvalue weighted by Gasteiger charge is 2.16. The van der Waals surface area contributed by atoms with Crippen molar-refractivity contribution in [2.45, 2.75) is 71.4 Å². The predicted octanol–water partition coefficient (Wildman–Crippen LogP) is 3.36. The molecule has 2 nitrogen and oxygen atoms in total. The monoisotopic (exact) mass is 227 g/mol. The zero-order valence-electron chi connectivity index (χ0n) is 11.3. The first-order valence-corrected chi connectivity index (χ1v) is 7.07. The summed E-state index contributed by atoms with van der Waals surface area (Å²) in [5.74, 6) is 0.815. The minimum absolute atomic E-state index is 0.553. The maximum atomic E-state index is 5.64. The van der Waals surface area contributed by atoms with Crippen molar-refractivity contribution < 1.29 is 4.74 Å². The van der Waals surface area contributed by atoms with Crippen LogP contribution in [0.15, 0.2) is 0 Å². The molecule has 1 aliphatic heterocycles. The van der Waals surface area contributed by atoms with Gasteiger partial charge in [-0.15, -0.1) is 0 Å². The highest BCUT2D eigenvalue weighted by molar-refractivity contribution is 4.70. The van der Waals surface area contributed by atoms with Gasteiger partial charge in [0.2, 0.25) is 0 Å². The molecule has 0 saturated carbocycles. The largest absolute Gasteiger partial charge is 0.378 e. The molecule has 1 N–H and O–H groups in total. The fraction of sp³-hybridized carbons (Fsp3) is 1.00. The van der Waals surface area contributed by atoms with Gasteiger partial charge in [0.25, 0.3) is 0 Å². The fourth-order valence-electron chi connectivity index (χ4n) is 2.41. The molecule has 1 aliphatic rings. The molecule has 2 heteroatoms. The number of ether oxygens (including phenoxy) is 1. The van der Waals surface area contributed by atoms with Crippen LogP contribution in [0.3, 0.4) is 0 Å². The first-order chi connectivity index (χ1) is 7.72. The summed E-state index contributed by atoms with van der Waals surface area (Å²) >= 11 is 0. The van der Waals surface area contributed by atoms with E-state index in [1.165, 1.54) is 45.1 Å². The highest BCUT2D eigenvalue weighted by atomic mass is 16.5. The maximum Gasteiger partial charge on any atom is 0.0576 e. The van der Waals surface area contributed by atoms with E-state index in [1.54, 1.807) is 0 Å². The molecule has 1 fully saturated rings. The third-order valence-electron chi connectivity index (χ3n) is 3.54. The first kappa shape index (κ1) is 14.0. The molecule has 1 saturated heterocycles. The minimum Gasteiger partial charge on any atom is -0.378 e. The zero-order valence-corrected chi connectivity index (χ0v) is 11.3. The Kier molecular flexibility index (Phi) is 7.06. The van der Waals surface area contributed by atoms with Crippen molar-refractivity contribution in [3.8, 4) is 0 Å². The third kappa shape index (κ3) is 5.86. The summed E-state index contributed by atoms with van der Waals surface area (Å²) in [6, 6.07) is 0.642. The second-order valence-electron chi connectivity index (χ2n) is 5.42. The molecule has 3 atom stereocenters. The standard InChI is InChI=1S/C14H29NO/c1-4-6-12(2)11-15-13(3)8-9-14-7-5-10-16-14/h12-15H,4-11H2,1-3H3. The Morgan fingerprint density at radius 3 is 2.75 bits per heavy atom. The second-order valence-corrected chi connectivity index (χ2v) is 5.42. The second kappa shape index (κ2) is 8.08. The maximum absolute atomic E-state index is 5.64. The van der Waals surface area contributed by atoms with E-state index in [4.69, 9.17) is 4.74 Å². The number of hydrogen-bond donors (Lipinski definition) is 1. The molecule has 0 spiro atoms. The van der Waals surface area contributed by atoms with Gasteiger partial charge in [0.1, 0.15) is 0 Å². The molecule has 1 rings (SSSR count). The molecular formula is C14H29NO. The van der Waals surface area contributed by atoms with E-state index < -0.39 is 0 Å². The summed E-state index contributed by atoms with van der Waals surface area (Å²) in [7, 11) is 0. The van der Waals surface area contributed by atoms with Crippen LogP contribution in [0, 0.1) is 5.92 Å². The molecule has 0 amide bonds. The van der Waals surface area contributed by atoms with Gasteiger partial charge in [0, 0.05) is 12.6 Å². The molecule has 0 radical (unpaired) electrons. The Balaban J connectivity index is 1.99. The summed E-state index contributed by atoms with van der Waals surface area (Å²) in [6.07, 6.45) is 8.22. The average Bonchev–Trinajstić information content (AvgIpc) is 2.77. The summed E-state index contributed by atoms with van der Waals surface area (Å²) in [4.78, 5) is 0. The summed E-state index contributed by atoms with van der Waals surface area (Å²) in [6.45, 7) is 9.05. The van der Waals surface area contributed by atoms with Crippen LogP contribution in [0.2, 0.25) is 0 Å². The summed E-state index contributed by atoms with van der Waals surface area (Å²) in [5, 5.41) is 3.64. The SMILES string of the molecule is CCCC(C)CNC(C)CCC1CCCO1. The molecule has 1 heterocycles. The molecule has 0 bridgehead atoms. The lowest BCUT2D eigenvalue weighted by Crippen LogP contribution is -2.31. The number of rotatable bonds is 8. The van der Waals surface area contributed by atoms with Crippen LogP contribution >= 0.6 is 0 Å². The van der Waals surface area contributed by atoms with Crippen molar-refractivity contribution in [2.24, 2.45) is 5.92 Å². The van der Waals surface area contributed by atoms with E-state index in [0.717, 1.165) is 12.5 Å². The quantitative estimate of drug-likeness (QED) is 0.686. The van der Waals surface area contributed by atoms with E-state index in [1.807, 2.05) is 0 Å². The van der Waals surface area contributed by atoms with Crippen LogP contribution in [0.1, 0.15) is 59.3 Å². The van der Waals surface area contributed by atoms with E-state index in [-0.39, 0.29) is 0 Å². The van der Waals surface area contributed by atoms with Gasteiger partial charge in [-0.2, -0.15) is 0 Å². The molecule has 16 heavy (non-hydrogen) atoms. The van der Waals surface area contributed by atoms with Crippen molar-refractivity contribution in [3.63, 3.8) is 0 Å². The van der Waals surface area contributed by atoms with Crippen molar-refractivity contribution in [2.75, 3.05) is 13.2 Å². The molecule has 0 aromatic carbocycles. The Morgan fingerprint density at radius 2 is 2.12 bits per heavy atom. The highest BCUT2D eigenvalue weighted by Crippen LogP contribution is 2.17. The van der Waals surface area contributed by atoms with Gasteiger partial charge in [-0.3, -0.25) is 0 Å². The number of nitrogens with one attached hydrogen (secondary N) is 1. The smallest absolute Gasteiger partial charge is 0.0576 e. The Labute approximate surface area is 101 Å². The Morgan fingerprint density at radius 1 is 1.31 bits per heavy atom. The van der Waals surface area contributed by atoms with Crippen LogP contribution in [0.4, 0.5) is 0 Å². The van der Waals surface area contributed by atoms with Crippen molar-refractivity contribution >= 4 is 0 Å². The number of hydrogen-bond acceptors (Lipinski definition) is 2. The lowest BCUT2D eigenvalue weighted by molar-refractivity contribution is 0.0999. The lowest BCUT2D eigenvalue weighted by atomic mass is 10.0. The van der Waals surface area contributed by atoms with Gasteiger partial charge >= 0.3 is 0 Å². The molecule has 3 unspecified atom stereocenters. The van der Waals surface area contributed by atoms with E-state index in [9.17, 15) is 0 Å². The molecule has 0 aliphatic carbocycles. The molecular weight excluding hydrogens is 198 g/mol. The van der Waals surface area contributed by atoms with Crippen LogP contribution in [-0.4, -0.2) is 25.3 Å². The van der Waals surface area contributed by atoms with Gasteiger partial charge in [0.05, 0.1) is 6.10 Å². The van der Waals surface area contributed by atoms with E-state index >= 15 is 0 Å². The summed E-state index contributed by atoms with van der Waals surface area (Å²) < 4.78 is 5.64. The first-order valence-electron chi connectivity index (χ1n) is 7.07. The molecule has 0 aromatic rings. The van der Waals surface area contributed by atoms with Gasteiger partial charge in [-0.05, 0) is 51.5 Å². The van der Waals surface area contributed by atoms with Gasteiger partial charge in [-0.25, -0.2) is 0 Å². The summed E-state index contributed by atoms with van der Waals surface area (Å²) in [5.41, 5.74) is 0. The fourth-order valence-corrected chi connectivity index (χ4v) is 2.41. The van der Waals surface area contributed by atoms with Crippen LogP contribution in [0.5, 0.6) is 0 Å². The molecule has 96 valence electrons. The average molecular weight is 227 g/mol. The van der Waals surface area contributed by atoms with Crippen molar-refractivity contribution in [3.05, 3.63) is 0 Å². The van der Waals surface area contributed by atoms with Gasteiger partial charge in [0.15, 0.2) is 0 Å². The lowest BCUT2D eigenvalue weighted by Gasteiger charge is -2.18. The van der Waals surface area contributed by atoms with Crippen LogP contribution in [0.25, 0.3) is 0 Å². The Bertz CT molecular complexity index is 166. The predicted molar refractivity (Wildman–Crippen MR) is 69.7 cm³/mol. The third-order valence-corrected chi connectivity index (χ3v) is 3.54.